The maximum absolute atomic E-state index is 12.0. The van der Waals surface area contributed by atoms with Gasteiger partial charge in [0.25, 0.3) is 0 Å². The summed E-state index contributed by atoms with van der Waals surface area (Å²) in [7, 11) is 1.50. The van der Waals surface area contributed by atoms with Gasteiger partial charge in [0.05, 0.1) is 13.0 Å². The summed E-state index contributed by atoms with van der Waals surface area (Å²) >= 11 is 0. The number of hydrogen-bond donors (Lipinski definition) is 3. The van der Waals surface area contributed by atoms with Crippen LogP contribution in [0.25, 0.3) is 0 Å². The van der Waals surface area contributed by atoms with E-state index in [1.165, 1.54) is 12.0 Å². The molecule has 0 saturated heterocycles. The van der Waals surface area contributed by atoms with Gasteiger partial charge < -0.3 is 25.2 Å². The molecule has 20 heavy (non-hydrogen) atoms. The molecule has 3 N–H and O–H groups in total. The Bertz CT molecular complexity index is 345. The Morgan fingerprint density at radius 3 is 2.25 bits per heavy atom. The summed E-state index contributed by atoms with van der Waals surface area (Å²) in [6, 6.07) is -2.05. The monoisotopic (exact) mass is 290 g/mol. The summed E-state index contributed by atoms with van der Waals surface area (Å²) < 4.78 is 4.89. The molecule has 0 bridgehead atoms. The molecule has 0 aromatic carbocycles. The highest BCUT2D eigenvalue weighted by Crippen LogP contribution is 2.01. The number of urea groups is 1. The van der Waals surface area contributed by atoms with E-state index in [9.17, 15) is 14.4 Å². The molecule has 0 unspecified atom stereocenters. The Morgan fingerprint density at radius 2 is 1.85 bits per heavy atom. The lowest BCUT2D eigenvalue weighted by Gasteiger charge is -2.26. The summed E-state index contributed by atoms with van der Waals surface area (Å²) in [5, 5.41) is 19.7. The highest BCUT2D eigenvalue weighted by molar-refractivity contribution is 5.86. The predicted molar refractivity (Wildman–Crippen MR) is 70.5 cm³/mol. The van der Waals surface area contributed by atoms with Crippen molar-refractivity contribution >= 4 is 18.0 Å². The first-order chi connectivity index (χ1) is 9.27. The minimum atomic E-state index is -1.45. The number of carbonyl (C=O) groups is 3. The lowest BCUT2D eigenvalue weighted by molar-refractivity contribution is -0.145. The number of ether oxygens (including phenoxy) is 1. The van der Waals surface area contributed by atoms with E-state index in [-0.39, 0.29) is 5.92 Å². The Balaban J connectivity index is 4.68. The van der Waals surface area contributed by atoms with Crippen molar-refractivity contribution in [3.8, 4) is 0 Å². The van der Waals surface area contributed by atoms with Gasteiger partial charge in [-0.05, 0) is 5.92 Å². The molecule has 2 amide bonds. The summed E-state index contributed by atoms with van der Waals surface area (Å²) in [5.74, 6) is -2.47. The van der Waals surface area contributed by atoms with Crippen LogP contribution in [0.5, 0.6) is 0 Å². The predicted octanol–water partition coefficient (Wildman–Crippen LogP) is 0.228. The standard InChI is InChI=1S/C12H22N2O6/c1-8(2)7-14(4-5-20-3)12(19)13-9(11(17)18)6-10(15)16/h8-9H,4-7H2,1-3H3,(H,13,19)(H,15,16)(H,17,18)/t9-/m1/s1. The number of carboxylic acids is 2. The van der Waals surface area contributed by atoms with E-state index in [1.807, 2.05) is 13.8 Å². The summed E-state index contributed by atoms with van der Waals surface area (Å²) in [6.07, 6.45) is -0.666. The molecule has 0 aromatic rings. The van der Waals surface area contributed by atoms with Gasteiger partial charge in [0.1, 0.15) is 6.04 Å². The zero-order chi connectivity index (χ0) is 15.7. The van der Waals surface area contributed by atoms with Gasteiger partial charge in [-0.25, -0.2) is 9.59 Å². The number of carbonyl (C=O) groups excluding carboxylic acids is 1. The quantitative estimate of drug-likeness (QED) is 0.559. The second kappa shape index (κ2) is 9.13. The first-order valence-electron chi connectivity index (χ1n) is 6.26. The van der Waals surface area contributed by atoms with Crippen molar-refractivity contribution in [3.05, 3.63) is 0 Å². The van der Waals surface area contributed by atoms with E-state index in [1.54, 1.807) is 0 Å². The van der Waals surface area contributed by atoms with Crippen LogP contribution >= 0.6 is 0 Å². The van der Waals surface area contributed by atoms with Gasteiger partial charge in [0.15, 0.2) is 0 Å². The molecule has 0 aliphatic rings. The molecule has 0 aromatic heterocycles. The third kappa shape index (κ3) is 7.57. The maximum Gasteiger partial charge on any atom is 0.326 e. The van der Waals surface area contributed by atoms with E-state index in [4.69, 9.17) is 14.9 Å². The van der Waals surface area contributed by atoms with Crippen molar-refractivity contribution in [1.82, 2.24) is 10.2 Å². The van der Waals surface area contributed by atoms with Crippen LogP contribution in [0.1, 0.15) is 20.3 Å². The van der Waals surface area contributed by atoms with Crippen molar-refractivity contribution in [2.75, 3.05) is 26.8 Å². The lowest BCUT2D eigenvalue weighted by atomic mass is 10.2. The molecule has 8 nitrogen and oxygen atoms in total. The van der Waals surface area contributed by atoms with Crippen molar-refractivity contribution < 1.29 is 29.3 Å². The molecule has 0 aliphatic heterocycles. The van der Waals surface area contributed by atoms with E-state index in [0.29, 0.717) is 19.7 Å². The molecule has 8 heteroatoms. The molecule has 1 atom stereocenters. The third-order valence-corrected chi connectivity index (χ3v) is 2.41. The average molecular weight is 290 g/mol. The lowest BCUT2D eigenvalue weighted by Crippen LogP contribution is -2.50. The fraction of sp³-hybridized carbons (Fsp3) is 0.750. The minimum Gasteiger partial charge on any atom is -0.481 e. The third-order valence-electron chi connectivity index (χ3n) is 2.41. The molecule has 0 aliphatic carbocycles. The van der Waals surface area contributed by atoms with Crippen LogP contribution in [-0.2, 0) is 14.3 Å². The Labute approximate surface area is 117 Å². The number of carboxylic acid groups (broad SMARTS) is 2. The SMILES string of the molecule is COCCN(CC(C)C)C(=O)N[C@H](CC(=O)O)C(=O)O. The van der Waals surface area contributed by atoms with Gasteiger partial charge >= 0.3 is 18.0 Å². The first kappa shape index (κ1) is 18.2. The molecule has 0 radical (unpaired) electrons. The van der Waals surface area contributed by atoms with Gasteiger partial charge in [-0.1, -0.05) is 13.8 Å². The van der Waals surface area contributed by atoms with Gasteiger partial charge in [-0.2, -0.15) is 0 Å². The zero-order valence-corrected chi connectivity index (χ0v) is 12.0. The van der Waals surface area contributed by atoms with Gasteiger partial charge in [-0.3, -0.25) is 4.79 Å². The van der Waals surface area contributed by atoms with Crippen LogP contribution in [0.4, 0.5) is 4.79 Å². The van der Waals surface area contributed by atoms with Crippen LogP contribution in [0.3, 0.4) is 0 Å². The number of nitrogens with zero attached hydrogens (tertiary/aromatic N) is 1. The average Bonchev–Trinajstić information content (AvgIpc) is 2.32. The number of amides is 2. The van der Waals surface area contributed by atoms with E-state index < -0.39 is 30.4 Å². The number of methoxy groups -OCH3 is 1. The largest absolute Gasteiger partial charge is 0.481 e. The topological polar surface area (TPSA) is 116 Å². The second-order valence-corrected chi connectivity index (χ2v) is 4.77. The van der Waals surface area contributed by atoms with Crippen LogP contribution in [0.2, 0.25) is 0 Å². The Kier molecular flexibility index (Phi) is 8.30. The number of hydrogen-bond acceptors (Lipinski definition) is 4. The van der Waals surface area contributed by atoms with E-state index in [2.05, 4.69) is 5.32 Å². The molecular formula is C12H22N2O6. The van der Waals surface area contributed by atoms with Crippen LogP contribution in [0, 0.1) is 5.92 Å². The first-order valence-corrected chi connectivity index (χ1v) is 6.26. The Hall–Kier alpha value is -1.83. The van der Waals surface area contributed by atoms with Gasteiger partial charge in [0, 0.05) is 20.2 Å². The highest BCUT2D eigenvalue weighted by atomic mass is 16.5. The van der Waals surface area contributed by atoms with Crippen LogP contribution < -0.4 is 5.32 Å². The number of rotatable bonds is 9. The second-order valence-electron chi connectivity index (χ2n) is 4.77. The van der Waals surface area contributed by atoms with Crippen LogP contribution in [-0.4, -0.2) is 65.9 Å². The normalized spacial score (nSPS) is 12.0. The fourth-order valence-electron chi connectivity index (χ4n) is 1.53. The smallest absolute Gasteiger partial charge is 0.326 e. The molecule has 0 fully saturated rings. The molecule has 0 saturated carbocycles. The van der Waals surface area contributed by atoms with Crippen molar-refractivity contribution in [2.24, 2.45) is 5.92 Å². The molecular weight excluding hydrogens is 268 g/mol. The number of nitrogens with one attached hydrogen (secondary N) is 1. The molecule has 0 rings (SSSR count). The maximum atomic E-state index is 12.0. The van der Waals surface area contributed by atoms with Crippen LogP contribution in [0.15, 0.2) is 0 Å². The van der Waals surface area contributed by atoms with Crippen molar-refractivity contribution in [3.63, 3.8) is 0 Å². The van der Waals surface area contributed by atoms with E-state index in [0.717, 1.165) is 0 Å². The van der Waals surface area contributed by atoms with Crippen molar-refractivity contribution in [2.45, 2.75) is 26.3 Å². The summed E-state index contributed by atoms with van der Waals surface area (Å²) in [4.78, 5) is 34.9. The van der Waals surface area contributed by atoms with Gasteiger partial charge in [0.2, 0.25) is 0 Å². The fourth-order valence-corrected chi connectivity index (χ4v) is 1.53. The Morgan fingerprint density at radius 1 is 1.25 bits per heavy atom. The zero-order valence-electron chi connectivity index (χ0n) is 12.0. The summed E-state index contributed by atoms with van der Waals surface area (Å²) in [6.45, 7) is 4.88. The minimum absolute atomic E-state index is 0.195. The number of aliphatic carboxylic acids is 2. The van der Waals surface area contributed by atoms with Crippen molar-refractivity contribution in [1.29, 1.82) is 0 Å². The highest BCUT2D eigenvalue weighted by Gasteiger charge is 2.25. The van der Waals surface area contributed by atoms with E-state index >= 15 is 0 Å². The molecule has 0 spiro atoms. The van der Waals surface area contributed by atoms with Gasteiger partial charge in [-0.15, -0.1) is 0 Å². The summed E-state index contributed by atoms with van der Waals surface area (Å²) in [5.41, 5.74) is 0. The molecule has 0 heterocycles. The molecule has 116 valence electrons.